The average molecular weight is 312 g/mol. The van der Waals surface area contributed by atoms with Crippen LogP contribution in [-0.2, 0) is 11.2 Å². The largest absolute Gasteiger partial charge is 0.495 e. The van der Waals surface area contributed by atoms with E-state index in [-0.39, 0.29) is 5.91 Å². The zero-order valence-corrected chi connectivity index (χ0v) is 12.7. The highest BCUT2D eigenvalue weighted by atomic mass is 35.5. The summed E-state index contributed by atoms with van der Waals surface area (Å²) in [6.45, 7) is 0. The molecule has 106 valence electrons. The number of carbonyl (C=O) groups is 1. The van der Waals surface area contributed by atoms with E-state index in [1.54, 1.807) is 23.5 Å². The average Bonchev–Trinajstić information content (AvgIpc) is 2.92. The van der Waals surface area contributed by atoms with Gasteiger partial charge in [0.25, 0.3) is 0 Å². The van der Waals surface area contributed by atoms with Crippen molar-refractivity contribution in [3.05, 3.63) is 39.5 Å². The van der Waals surface area contributed by atoms with Crippen LogP contribution in [0.1, 0.15) is 5.56 Å². The van der Waals surface area contributed by atoms with Crippen LogP contribution in [0.15, 0.2) is 29.0 Å². The van der Waals surface area contributed by atoms with E-state index >= 15 is 0 Å². The number of halogens is 1. The molecule has 0 aliphatic rings. The van der Waals surface area contributed by atoms with Crippen LogP contribution < -0.4 is 14.8 Å². The number of benzene rings is 1. The van der Waals surface area contributed by atoms with E-state index in [4.69, 9.17) is 21.1 Å². The minimum Gasteiger partial charge on any atom is -0.495 e. The van der Waals surface area contributed by atoms with E-state index in [1.165, 1.54) is 14.2 Å². The molecular weight excluding hydrogens is 298 g/mol. The van der Waals surface area contributed by atoms with E-state index in [0.29, 0.717) is 28.6 Å². The molecule has 0 unspecified atom stereocenters. The second kappa shape index (κ2) is 6.63. The maximum absolute atomic E-state index is 12.0. The fourth-order valence-corrected chi connectivity index (χ4v) is 2.63. The fourth-order valence-electron chi connectivity index (χ4n) is 1.73. The number of thiophene rings is 1. The molecule has 1 amide bonds. The topological polar surface area (TPSA) is 47.6 Å². The molecule has 0 saturated carbocycles. The van der Waals surface area contributed by atoms with E-state index in [1.807, 2.05) is 16.8 Å². The molecule has 1 N–H and O–H groups in total. The third-order valence-corrected chi connectivity index (χ3v) is 3.72. The Kier molecular flexibility index (Phi) is 4.87. The molecule has 1 heterocycles. The molecule has 0 atom stereocenters. The third-order valence-electron chi connectivity index (χ3n) is 2.69. The molecule has 2 aromatic rings. The maximum atomic E-state index is 12.0. The van der Waals surface area contributed by atoms with Crippen molar-refractivity contribution in [2.75, 3.05) is 19.5 Å². The lowest BCUT2D eigenvalue weighted by Gasteiger charge is -2.13. The Bertz CT molecular complexity index is 599. The molecule has 1 aromatic carbocycles. The Balaban J connectivity index is 2.17. The second-order valence-electron chi connectivity index (χ2n) is 4.04. The Morgan fingerprint density at radius 2 is 2.05 bits per heavy atom. The van der Waals surface area contributed by atoms with Gasteiger partial charge in [-0.15, -0.1) is 0 Å². The Morgan fingerprint density at radius 3 is 2.65 bits per heavy atom. The predicted octanol–water partition coefficient (Wildman–Crippen LogP) is 3.60. The number of rotatable bonds is 5. The van der Waals surface area contributed by atoms with Gasteiger partial charge in [0, 0.05) is 12.1 Å². The molecule has 20 heavy (non-hydrogen) atoms. The SMILES string of the molecule is COc1cc(NC(=O)Cc2ccsc2)c(OC)cc1Cl. The quantitative estimate of drug-likeness (QED) is 0.917. The Hall–Kier alpha value is -1.72. The molecule has 0 aliphatic heterocycles. The number of amides is 1. The van der Waals surface area contributed by atoms with Gasteiger partial charge in [-0.25, -0.2) is 0 Å². The molecule has 1 aromatic heterocycles. The van der Waals surface area contributed by atoms with Crippen LogP contribution in [-0.4, -0.2) is 20.1 Å². The van der Waals surface area contributed by atoms with E-state index in [2.05, 4.69) is 5.32 Å². The minimum absolute atomic E-state index is 0.119. The molecule has 0 fully saturated rings. The first-order chi connectivity index (χ1) is 9.63. The zero-order valence-electron chi connectivity index (χ0n) is 11.1. The first-order valence-corrected chi connectivity index (χ1v) is 7.18. The van der Waals surface area contributed by atoms with Gasteiger partial charge in [0.1, 0.15) is 11.5 Å². The van der Waals surface area contributed by atoms with E-state index < -0.39 is 0 Å². The number of anilines is 1. The van der Waals surface area contributed by atoms with Crippen molar-refractivity contribution in [2.24, 2.45) is 0 Å². The van der Waals surface area contributed by atoms with Crippen LogP contribution in [0, 0.1) is 0 Å². The highest BCUT2D eigenvalue weighted by molar-refractivity contribution is 7.08. The smallest absolute Gasteiger partial charge is 0.228 e. The highest BCUT2D eigenvalue weighted by Gasteiger charge is 2.13. The number of carbonyl (C=O) groups excluding carboxylic acids is 1. The normalized spacial score (nSPS) is 10.2. The molecule has 0 radical (unpaired) electrons. The molecule has 0 bridgehead atoms. The number of hydrogen-bond donors (Lipinski definition) is 1. The predicted molar refractivity (Wildman–Crippen MR) is 81.2 cm³/mol. The lowest BCUT2D eigenvalue weighted by molar-refractivity contribution is -0.115. The molecule has 0 spiro atoms. The van der Waals surface area contributed by atoms with Crippen LogP contribution in [0.4, 0.5) is 5.69 Å². The first-order valence-electron chi connectivity index (χ1n) is 5.86. The van der Waals surface area contributed by atoms with Crippen molar-refractivity contribution < 1.29 is 14.3 Å². The lowest BCUT2D eigenvalue weighted by Crippen LogP contribution is -2.14. The van der Waals surface area contributed by atoms with Gasteiger partial charge in [0.2, 0.25) is 5.91 Å². The zero-order chi connectivity index (χ0) is 14.5. The van der Waals surface area contributed by atoms with Gasteiger partial charge in [-0.1, -0.05) is 11.6 Å². The summed E-state index contributed by atoms with van der Waals surface area (Å²) in [5.74, 6) is 0.860. The Labute approximate surface area is 126 Å². The van der Waals surface area contributed by atoms with Crippen molar-refractivity contribution in [3.63, 3.8) is 0 Å². The van der Waals surface area contributed by atoms with Gasteiger partial charge in [0.05, 0.1) is 31.4 Å². The summed E-state index contributed by atoms with van der Waals surface area (Å²) >= 11 is 7.58. The molecule has 4 nitrogen and oxygen atoms in total. The Morgan fingerprint density at radius 1 is 1.30 bits per heavy atom. The number of nitrogens with one attached hydrogen (secondary N) is 1. The number of ether oxygens (including phenoxy) is 2. The van der Waals surface area contributed by atoms with Crippen LogP contribution >= 0.6 is 22.9 Å². The summed E-state index contributed by atoms with van der Waals surface area (Å²) in [5, 5.41) is 7.12. The van der Waals surface area contributed by atoms with Crippen molar-refractivity contribution in [1.82, 2.24) is 0 Å². The molecule has 2 rings (SSSR count). The molecule has 6 heteroatoms. The van der Waals surface area contributed by atoms with Crippen molar-refractivity contribution in [3.8, 4) is 11.5 Å². The second-order valence-corrected chi connectivity index (χ2v) is 5.23. The van der Waals surface area contributed by atoms with Crippen molar-refractivity contribution >= 4 is 34.5 Å². The van der Waals surface area contributed by atoms with Crippen LogP contribution in [0.5, 0.6) is 11.5 Å². The maximum Gasteiger partial charge on any atom is 0.228 e. The van der Waals surface area contributed by atoms with Crippen molar-refractivity contribution in [2.45, 2.75) is 6.42 Å². The standard InChI is InChI=1S/C14H14ClNO3S/c1-18-12-7-11(13(19-2)6-10(12)15)16-14(17)5-9-3-4-20-8-9/h3-4,6-8H,5H2,1-2H3,(H,16,17). The molecular formula is C14H14ClNO3S. The van der Waals surface area contributed by atoms with Gasteiger partial charge in [0.15, 0.2) is 0 Å². The van der Waals surface area contributed by atoms with Gasteiger partial charge in [-0.2, -0.15) is 11.3 Å². The number of methoxy groups -OCH3 is 2. The fraction of sp³-hybridized carbons (Fsp3) is 0.214. The van der Waals surface area contributed by atoms with Gasteiger partial charge < -0.3 is 14.8 Å². The summed E-state index contributed by atoms with van der Waals surface area (Å²) in [6, 6.07) is 5.18. The summed E-state index contributed by atoms with van der Waals surface area (Å²) in [5.41, 5.74) is 1.52. The number of hydrogen-bond acceptors (Lipinski definition) is 4. The van der Waals surface area contributed by atoms with E-state index in [0.717, 1.165) is 5.56 Å². The lowest BCUT2D eigenvalue weighted by atomic mass is 10.2. The van der Waals surface area contributed by atoms with Gasteiger partial charge >= 0.3 is 0 Å². The molecule has 0 aliphatic carbocycles. The van der Waals surface area contributed by atoms with Crippen molar-refractivity contribution in [1.29, 1.82) is 0 Å². The van der Waals surface area contributed by atoms with Gasteiger partial charge in [-0.3, -0.25) is 4.79 Å². The van der Waals surface area contributed by atoms with Crippen LogP contribution in [0.3, 0.4) is 0 Å². The monoisotopic (exact) mass is 311 g/mol. The highest BCUT2D eigenvalue weighted by Crippen LogP contribution is 2.35. The summed E-state index contributed by atoms with van der Waals surface area (Å²) in [4.78, 5) is 12.0. The minimum atomic E-state index is -0.119. The molecule has 0 saturated heterocycles. The first kappa shape index (κ1) is 14.7. The summed E-state index contributed by atoms with van der Waals surface area (Å²) in [7, 11) is 3.04. The van der Waals surface area contributed by atoms with Crippen LogP contribution in [0.2, 0.25) is 5.02 Å². The van der Waals surface area contributed by atoms with Gasteiger partial charge in [-0.05, 0) is 22.4 Å². The summed E-state index contributed by atoms with van der Waals surface area (Å²) in [6.07, 6.45) is 0.317. The van der Waals surface area contributed by atoms with E-state index in [9.17, 15) is 4.79 Å². The third kappa shape index (κ3) is 3.43. The van der Waals surface area contributed by atoms with Crippen LogP contribution in [0.25, 0.3) is 0 Å². The summed E-state index contributed by atoms with van der Waals surface area (Å²) < 4.78 is 10.3.